The van der Waals surface area contributed by atoms with Crippen molar-refractivity contribution in [2.75, 3.05) is 26.7 Å². The Hall–Kier alpha value is -1.70. The van der Waals surface area contributed by atoms with E-state index in [1.54, 1.807) is 11.3 Å². The molecule has 4 rings (SSSR count). The number of rotatable bonds is 6. The Morgan fingerprint density at radius 1 is 1.39 bits per heavy atom. The van der Waals surface area contributed by atoms with Crippen molar-refractivity contribution in [2.24, 2.45) is 0 Å². The van der Waals surface area contributed by atoms with Crippen LogP contribution >= 0.6 is 11.3 Å². The van der Waals surface area contributed by atoms with Crippen LogP contribution < -0.4 is 5.32 Å². The van der Waals surface area contributed by atoms with Gasteiger partial charge in [-0.3, -0.25) is 9.69 Å². The molecular weight excluding hydrogens is 372 g/mol. The van der Waals surface area contributed by atoms with Crippen molar-refractivity contribution in [3.05, 3.63) is 38.4 Å². The van der Waals surface area contributed by atoms with Crippen molar-refractivity contribution in [1.29, 1.82) is 0 Å². The highest BCUT2D eigenvalue weighted by Gasteiger charge is 2.26. The van der Waals surface area contributed by atoms with E-state index in [2.05, 4.69) is 27.3 Å². The molecule has 0 saturated carbocycles. The molecule has 7 heteroatoms. The van der Waals surface area contributed by atoms with E-state index in [1.165, 1.54) is 35.4 Å². The smallest absolute Gasteiger partial charge is 0.252 e. The van der Waals surface area contributed by atoms with E-state index in [9.17, 15) is 4.79 Å². The Morgan fingerprint density at radius 2 is 2.25 bits per heavy atom. The highest BCUT2D eigenvalue weighted by Crippen LogP contribution is 2.30. The third kappa shape index (κ3) is 4.02. The lowest BCUT2D eigenvalue weighted by atomic mass is 10.0. The average molecular weight is 403 g/mol. The van der Waals surface area contributed by atoms with Gasteiger partial charge >= 0.3 is 0 Å². The first-order valence-electron chi connectivity index (χ1n) is 10.2. The summed E-state index contributed by atoms with van der Waals surface area (Å²) in [7, 11) is 2.18. The first-order chi connectivity index (χ1) is 13.5. The summed E-state index contributed by atoms with van der Waals surface area (Å²) in [6.07, 6.45) is 4.49. The van der Waals surface area contributed by atoms with Crippen LogP contribution in [0.2, 0.25) is 0 Å². The summed E-state index contributed by atoms with van der Waals surface area (Å²) in [5.41, 5.74) is 4.30. The van der Waals surface area contributed by atoms with Crippen molar-refractivity contribution in [3.63, 3.8) is 0 Å². The third-order valence-electron chi connectivity index (χ3n) is 6.27. The molecule has 2 aliphatic heterocycles. The largest absolute Gasteiger partial charge is 0.361 e. The number of fused-ring (bicyclic) bond motifs is 1. The van der Waals surface area contributed by atoms with Gasteiger partial charge in [-0.2, -0.15) is 0 Å². The van der Waals surface area contributed by atoms with Gasteiger partial charge in [0, 0.05) is 48.0 Å². The lowest BCUT2D eigenvalue weighted by Gasteiger charge is -2.27. The number of nitrogens with one attached hydrogen (secondary N) is 1. The van der Waals surface area contributed by atoms with Crippen LogP contribution in [0.1, 0.15) is 57.1 Å². The van der Waals surface area contributed by atoms with Crippen molar-refractivity contribution < 1.29 is 9.32 Å². The molecular formula is C21H30N4O2S. The zero-order chi connectivity index (χ0) is 19.7. The van der Waals surface area contributed by atoms with Crippen LogP contribution in [-0.2, 0) is 19.5 Å². The lowest BCUT2D eigenvalue weighted by molar-refractivity contribution is 0.0949. The van der Waals surface area contributed by atoms with Crippen LogP contribution in [-0.4, -0.2) is 53.6 Å². The molecule has 4 heterocycles. The molecule has 0 radical (unpaired) electrons. The molecule has 0 unspecified atom stereocenters. The van der Waals surface area contributed by atoms with E-state index in [0.29, 0.717) is 6.04 Å². The topological polar surface area (TPSA) is 61.6 Å². The minimum atomic E-state index is 0.0947. The van der Waals surface area contributed by atoms with Gasteiger partial charge in [0.15, 0.2) is 0 Å². The van der Waals surface area contributed by atoms with Gasteiger partial charge in [-0.05, 0) is 58.7 Å². The van der Waals surface area contributed by atoms with E-state index < -0.39 is 0 Å². The SMILES string of the molecule is Cc1noc(C)c1CN1CCc2c(C(=O)NCC[C@H]3CCCN3C)csc2C1. The molecule has 6 nitrogen and oxygen atoms in total. The third-order valence-corrected chi connectivity index (χ3v) is 7.28. The maximum Gasteiger partial charge on any atom is 0.252 e. The Kier molecular flexibility index (Phi) is 5.85. The number of amides is 1. The Bertz CT molecular complexity index is 824. The van der Waals surface area contributed by atoms with Gasteiger partial charge in [0.25, 0.3) is 5.91 Å². The van der Waals surface area contributed by atoms with E-state index in [1.807, 2.05) is 19.2 Å². The summed E-state index contributed by atoms with van der Waals surface area (Å²) >= 11 is 1.71. The van der Waals surface area contributed by atoms with Crippen molar-refractivity contribution in [1.82, 2.24) is 20.3 Å². The van der Waals surface area contributed by atoms with Gasteiger partial charge in [0.1, 0.15) is 5.76 Å². The minimum absolute atomic E-state index is 0.0947. The van der Waals surface area contributed by atoms with Crippen molar-refractivity contribution in [2.45, 2.75) is 58.7 Å². The van der Waals surface area contributed by atoms with Crippen molar-refractivity contribution in [3.8, 4) is 0 Å². The first kappa shape index (κ1) is 19.6. The number of hydrogen-bond donors (Lipinski definition) is 1. The molecule has 1 saturated heterocycles. The first-order valence-corrected chi connectivity index (χ1v) is 11.1. The van der Waals surface area contributed by atoms with Crippen LogP contribution in [0.5, 0.6) is 0 Å². The fourth-order valence-electron chi connectivity index (χ4n) is 4.45. The molecule has 1 fully saturated rings. The van der Waals surface area contributed by atoms with Crippen molar-refractivity contribution >= 4 is 17.2 Å². The Labute approximate surface area is 170 Å². The molecule has 0 bridgehead atoms. The molecule has 0 spiro atoms. The number of carbonyl (C=O) groups is 1. The summed E-state index contributed by atoms with van der Waals surface area (Å²) in [5, 5.41) is 9.25. The van der Waals surface area contributed by atoms with Gasteiger partial charge in [-0.15, -0.1) is 11.3 Å². The highest BCUT2D eigenvalue weighted by atomic mass is 32.1. The summed E-state index contributed by atoms with van der Waals surface area (Å²) in [6, 6.07) is 0.620. The number of aryl methyl sites for hydroxylation is 2. The Balaban J connectivity index is 1.33. The molecule has 1 amide bonds. The Morgan fingerprint density at radius 3 is 2.96 bits per heavy atom. The maximum atomic E-state index is 12.7. The second-order valence-electron chi connectivity index (χ2n) is 8.14. The zero-order valence-electron chi connectivity index (χ0n) is 17.1. The van der Waals surface area contributed by atoms with Crippen LogP contribution in [0.25, 0.3) is 0 Å². The summed E-state index contributed by atoms with van der Waals surface area (Å²) in [5.74, 6) is 1.000. The number of carbonyl (C=O) groups excluding carboxylic acids is 1. The van der Waals surface area contributed by atoms with Gasteiger partial charge in [0.05, 0.1) is 11.3 Å². The summed E-state index contributed by atoms with van der Waals surface area (Å²) in [6.45, 7) is 8.62. The molecule has 2 aromatic rings. The molecule has 1 atom stereocenters. The van der Waals surface area contributed by atoms with Crippen LogP contribution in [0.3, 0.4) is 0 Å². The fourth-order valence-corrected chi connectivity index (χ4v) is 5.57. The molecule has 0 aromatic carbocycles. The number of hydrogen-bond acceptors (Lipinski definition) is 6. The quantitative estimate of drug-likeness (QED) is 0.804. The van der Waals surface area contributed by atoms with E-state index >= 15 is 0 Å². The molecule has 0 aliphatic carbocycles. The van der Waals surface area contributed by atoms with Gasteiger partial charge in [-0.25, -0.2) is 0 Å². The predicted molar refractivity (Wildman–Crippen MR) is 111 cm³/mol. The molecule has 2 aliphatic rings. The lowest BCUT2D eigenvalue weighted by Crippen LogP contribution is -2.33. The van der Waals surface area contributed by atoms with Gasteiger partial charge in [0.2, 0.25) is 0 Å². The molecule has 28 heavy (non-hydrogen) atoms. The summed E-state index contributed by atoms with van der Waals surface area (Å²) in [4.78, 5) is 18.9. The average Bonchev–Trinajstić information content (AvgIpc) is 3.37. The van der Waals surface area contributed by atoms with Crippen LogP contribution in [0.15, 0.2) is 9.90 Å². The predicted octanol–water partition coefficient (Wildman–Crippen LogP) is 3.13. The standard InChI is InChI=1S/C21H30N4O2S/c1-14-18(15(2)27-23-14)11-25-10-7-17-19(13-28-20(17)12-25)21(26)22-8-6-16-5-4-9-24(16)3/h13,16H,4-12H2,1-3H3,(H,22,26)/t16-/m1/s1. The summed E-state index contributed by atoms with van der Waals surface area (Å²) < 4.78 is 5.29. The van der Waals surface area contributed by atoms with Crippen LogP contribution in [0, 0.1) is 13.8 Å². The van der Waals surface area contributed by atoms with Gasteiger partial charge in [-0.1, -0.05) is 5.16 Å². The minimum Gasteiger partial charge on any atom is -0.361 e. The highest BCUT2D eigenvalue weighted by molar-refractivity contribution is 7.10. The molecule has 152 valence electrons. The fraction of sp³-hybridized carbons (Fsp3) is 0.619. The second kappa shape index (κ2) is 8.35. The van der Waals surface area contributed by atoms with E-state index in [4.69, 9.17) is 4.52 Å². The van der Waals surface area contributed by atoms with E-state index in [0.717, 1.165) is 56.0 Å². The number of likely N-dealkylation sites (tertiary alicyclic amines) is 1. The molecule has 1 N–H and O–H groups in total. The second-order valence-corrected chi connectivity index (χ2v) is 9.10. The van der Waals surface area contributed by atoms with E-state index in [-0.39, 0.29) is 5.91 Å². The number of aromatic nitrogens is 1. The monoisotopic (exact) mass is 402 g/mol. The zero-order valence-corrected chi connectivity index (χ0v) is 17.9. The number of nitrogens with zero attached hydrogens (tertiary/aromatic N) is 3. The number of thiophene rings is 1. The van der Waals surface area contributed by atoms with Gasteiger partial charge < -0.3 is 14.7 Å². The molecule has 2 aromatic heterocycles. The van der Waals surface area contributed by atoms with Crippen LogP contribution in [0.4, 0.5) is 0 Å². The normalized spacial score (nSPS) is 20.5. The maximum absolute atomic E-state index is 12.7.